The molecular formula is C13H6Cl4F4N2O3S. The second-order valence-corrected chi connectivity index (χ2v) is 8.41. The van der Waals surface area contributed by atoms with E-state index in [0.717, 1.165) is 7.11 Å². The third kappa shape index (κ3) is 4.86. The van der Waals surface area contributed by atoms with Crippen LogP contribution in [-0.4, -0.2) is 31.9 Å². The maximum atomic E-state index is 13.6. The molecule has 0 aliphatic heterocycles. The molecule has 148 valence electrons. The van der Waals surface area contributed by atoms with E-state index < -0.39 is 53.8 Å². The maximum Gasteiger partial charge on any atom is 0.416 e. The van der Waals surface area contributed by atoms with Crippen molar-refractivity contribution in [1.82, 2.24) is 9.78 Å². The number of methoxy groups -OCH3 is 1. The molecule has 0 spiro atoms. The van der Waals surface area contributed by atoms with Crippen molar-refractivity contribution in [2.24, 2.45) is 0 Å². The fourth-order valence-electron chi connectivity index (χ4n) is 1.92. The highest BCUT2D eigenvalue weighted by Gasteiger charge is 2.36. The van der Waals surface area contributed by atoms with Crippen molar-refractivity contribution in [3.8, 4) is 11.6 Å². The molecule has 27 heavy (non-hydrogen) atoms. The van der Waals surface area contributed by atoms with Crippen LogP contribution in [0.3, 0.4) is 0 Å². The first-order valence-electron chi connectivity index (χ1n) is 6.49. The molecule has 0 bridgehead atoms. The average molecular weight is 488 g/mol. The van der Waals surface area contributed by atoms with E-state index in [1.165, 1.54) is 0 Å². The largest absolute Gasteiger partial charge is 0.492 e. The number of hydrogen-bond acceptors (Lipinski definition) is 5. The number of thioether (sulfide) groups is 1. The van der Waals surface area contributed by atoms with E-state index in [1.807, 2.05) is 0 Å². The van der Waals surface area contributed by atoms with Crippen molar-refractivity contribution in [2.75, 3.05) is 7.11 Å². The summed E-state index contributed by atoms with van der Waals surface area (Å²) in [5.74, 6) is -2.00. The van der Waals surface area contributed by atoms with Crippen LogP contribution in [0.4, 0.5) is 17.6 Å². The Labute approximate surface area is 173 Å². The summed E-state index contributed by atoms with van der Waals surface area (Å²) in [6.45, 7) is 0. The molecule has 5 nitrogen and oxygen atoms in total. The predicted molar refractivity (Wildman–Crippen MR) is 93.0 cm³/mol. The van der Waals surface area contributed by atoms with Crippen molar-refractivity contribution >= 4 is 64.1 Å². The van der Waals surface area contributed by atoms with Crippen molar-refractivity contribution in [3.05, 3.63) is 33.4 Å². The Morgan fingerprint density at radius 1 is 1.22 bits per heavy atom. The Morgan fingerprint density at radius 3 is 2.15 bits per heavy atom. The van der Waals surface area contributed by atoms with Crippen LogP contribution in [0.2, 0.25) is 10.0 Å². The third-order valence-electron chi connectivity index (χ3n) is 2.97. The lowest BCUT2D eigenvalue weighted by molar-refractivity contribution is -0.137. The normalized spacial score (nSPS) is 12.3. The van der Waals surface area contributed by atoms with E-state index in [0.29, 0.717) is 16.8 Å². The lowest BCUT2D eigenvalue weighted by Gasteiger charge is -2.13. The SMILES string of the molecule is COC(=O)c1nn(-c2c(Cl)cc(C(F)(F)F)cc2Cl)c(O)c1SC(F)(Cl)Cl. The van der Waals surface area contributed by atoms with Crippen LogP contribution in [-0.2, 0) is 10.9 Å². The molecule has 2 rings (SSSR count). The Bertz CT molecular complexity index is 876. The van der Waals surface area contributed by atoms with Gasteiger partial charge in [0.25, 0.3) is 0 Å². The average Bonchev–Trinajstić information content (AvgIpc) is 2.81. The summed E-state index contributed by atoms with van der Waals surface area (Å²) in [5, 5.41) is 12.9. The summed E-state index contributed by atoms with van der Waals surface area (Å²) in [6.07, 6.45) is -4.73. The molecular weight excluding hydrogens is 482 g/mol. The smallest absolute Gasteiger partial charge is 0.416 e. The highest BCUT2D eigenvalue weighted by molar-refractivity contribution is 8.03. The Hall–Kier alpha value is -1.07. The fraction of sp³-hybridized carbons (Fsp3) is 0.231. The van der Waals surface area contributed by atoms with Crippen LogP contribution in [0.5, 0.6) is 5.88 Å². The fourth-order valence-corrected chi connectivity index (χ4v) is 3.66. The topological polar surface area (TPSA) is 64.3 Å². The van der Waals surface area contributed by atoms with Crippen LogP contribution in [0.15, 0.2) is 17.0 Å². The molecule has 0 atom stereocenters. The van der Waals surface area contributed by atoms with Crippen LogP contribution < -0.4 is 0 Å². The third-order valence-corrected chi connectivity index (χ3v) is 4.82. The van der Waals surface area contributed by atoms with Gasteiger partial charge in [0.15, 0.2) is 5.69 Å². The Kier molecular flexibility index (Phi) is 6.38. The second kappa shape index (κ2) is 7.75. The number of rotatable bonds is 4. The Morgan fingerprint density at radius 2 is 1.74 bits per heavy atom. The molecule has 0 saturated carbocycles. The Balaban J connectivity index is 2.72. The van der Waals surface area contributed by atoms with E-state index in [-0.39, 0.29) is 11.8 Å². The van der Waals surface area contributed by atoms with Gasteiger partial charge in [-0.15, -0.1) is 0 Å². The maximum absolute atomic E-state index is 13.6. The molecule has 0 saturated heterocycles. The summed E-state index contributed by atoms with van der Waals surface area (Å²) in [5.41, 5.74) is -2.16. The van der Waals surface area contributed by atoms with Crippen LogP contribution in [0.1, 0.15) is 16.1 Å². The number of nitrogens with zero attached hydrogens (tertiary/aromatic N) is 2. The molecule has 0 aliphatic rings. The van der Waals surface area contributed by atoms with Crippen LogP contribution in [0, 0.1) is 0 Å². The van der Waals surface area contributed by atoms with Gasteiger partial charge in [-0.25, -0.2) is 4.79 Å². The zero-order valence-corrected chi connectivity index (χ0v) is 16.6. The minimum Gasteiger partial charge on any atom is -0.492 e. The predicted octanol–water partition coefficient (Wildman–Crippen LogP) is 5.84. The van der Waals surface area contributed by atoms with E-state index in [4.69, 9.17) is 46.4 Å². The summed E-state index contributed by atoms with van der Waals surface area (Å²) >= 11 is 22.2. The van der Waals surface area contributed by atoms with Crippen LogP contribution >= 0.6 is 58.2 Å². The summed E-state index contributed by atoms with van der Waals surface area (Å²) in [7, 11) is 0.981. The molecule has 0 aliphatic carbocycles. The summed E-state index contributed by atoms with van der Waals surface area (Å²) in [6, 6.07) is 1.08. The first-order chi connectivity index (χ1) is 12.3. The monoisotopic (exact) mass is 486 g/mol. The number of aromatic nitrogens is 2. The minimum atomic E-state index is -4.73. The number of aromatic hydroxyl groups is 1. The van der Waals surface area contributed by atoms with Gasteiger partial charge in [-0.05, 0) is 23.9 Å². The quantitative estimate of drug-likeness (QED) is 0.254. The zero-order valence-electron chi connectivity index (χ0n) is 12.7. The van der Waals surface area contributed by atoms with Crippen molar-refractivity contribution in [2.45, 2.75) is 15.0 Å². The van der Waals surface area contributed by atoms with Gasteiger partial charge in [0, 0.05) is 0 Å². The van der Waals surface area contributed by atoms with Crippen molar-refractivity contribution in [1.29, 1.82) is 0 Å². The second-order valence-electron chi connectivity index (χ2n) is 4.74. The van der Waals surface area contributed by atoms with Gasteiger partial charge in [0.05, 0.1) is 22.7 Å². The number of alkyl halides is 6. The molecule has 0 unspecified atom stereocenters. The molecule has 1 heterocycles. The number of ether oxygens (including phenoxy) is 1. The van der Waals surface area contributed by atoms with Gasteiger partial charge in [-0.1, -0.05) is 46.4 Å². The highest BCUT2D eigenvalue weighted by Crippen LogP contribution is 2.48. The number of esters is 1. The van der Waals surface area contributed by atoms with Gasteiger partial charge in [0.1, 0.15) is 10.6 Å². The number of hydrogen-bond donors (Lipinski definition) is 1. The van der Waals surface area contributed by atoms with Gasteiger partial charge >= 0.3 is 16.1 Å². The molecule has 1 aromatic heterocycles. The molecule has 2 aromatic rings. The van der Waals surface area contributed by atoms with E-state index in [9.17, 15) is 27.5 Å². The van der Waals surface area contributed by atoms with E-state index >= 15 is 0 Å². The first kappa shape index (κ1) is 22.2. The zero-order chi connectivity index (χ0) is 20.7. The number of carbonyl (C=O) groups is 1. The molecule has 0 amide bonds. The van der Waals surface area contributed by atoms with Gasteiger partial charge in [-0.3, -0.25) is 0 Å². The van der Waals surface area contributed by atoms with Crippen molar-refractivity contribution in [3.63, 3.8) is 0 Å². The summed E-state index contributed by atoms with van der Waals surface area (Å²) in [4.78, 5) is 11.3. The van der Waals surface area contributed by atoms with Crippen molar-refractivity contribution < 1.29 is 32.2 Å². The molecule has 0 fully saturated rings. The first-order valence-corrected chi connectivity index (χ1v) is 8.81. The van der Waals surface area contributed by atoms with Crippen LogP contribution in [0.25, 0.3) is 5.69 Å². The number of halogens is 8. The number of benzene rings is 1. The lowest BCUT2D eigenvalue weighted by atomic mass is 10.2. The molecule has 1 aromatic carbocycles. The molecule has 1 N–H and O–H groups in total. The summed E-state index contributed by atoms with van der Waals surface area (Å²) < 4.78 is 54.1. The van der Waals surface area contributed by atoms with E-state index in [2.05, 4.69) is 9.84 Å². The standard InChI is InChI=1S/C13H6Cl4F4N2O3S/c1-26-11(25)7-9(27-13(16,17)21)10(24)23(22-7)8-5(14)2-4(3-6(8)15)12(18,19)20/h2-3,24H,1H3. The molecule has 14 heteroatoms. The highest BCUT2D eigenvalue weighted by atomic mass is 35.5. The lowest BCUT2D eigenvalue weighted by Crippen LogP contribution is -2.08. The molecule has 0 radical (unpaired) electrons. The van der Waals surface area contributed by atoms with E-state index in [1.54, 1.807) is 0 Å². The number of carbonyl (C=O) groups excluding carboxylic acids is 1. The van der Waals surface area contributed by atoms with Gasteiger partial charge in [0.2, 0.25) is 5.88 Å². The van der Waals surface area contributed by atoms with Gasteiger partial charge in [-0.2, -0.15) is 27.3 Å². The van der Waals surface area contributed by atoms with Gasteiger partial charge < -0.3 is 9.84 Å². The minimum absolute atomic E-state index is 0.00383.